The molecule has 0 aliphatic rings. The number of methoxy groups -OCH3 is 1. The minimum Gasteiger partial charge on any atom is -0.496 e. The number of carbonyl (C=O) groups is 2. The van der Waals surface area contributed by atoms with Gasteiger partial charge in [-0.1, -0.05) is 17.7 Å². The second kappa shape index (κ2) is 10.5. The van der Waals surface area contributed by atoms with Crippen LogP contribution in [0.15, 0.2) is 55.4 Å². The summed E-state index contributed by atoms with van der Waals surface area (Å²) in [5.74, 6) is -1.40. The maximum atomic E-state index is 11.7. The topological polar surface area (TPSA) is 132 Å². The summed E-state index contributed by atoms with van der Waals surface area (Å²) in [6.45, 7) is -0.499. The zero-order valence-corrected chi connectivity index (χ0v) is 19.4. The van der Waals surface area contributed by atoms with Crippen LogP contribution in [-0.4, -0.2) is 46.1 Å². The van der Waals surface area contributed by atoms with E-state index in [0.717, 1.165) is 11.8 Å². The molecule has 12 heteroatoms. The third kappa shape index (κ3) is 6.02. The summed E-state index contributed by atoms with van der Waals surface area (Å²) < 4.78 is 16.5. The van der Waals surface area contributed by atoms with E-state index in [2.05, 4.69) is 26.1 Å². The summed E-state index contributed by atoms with van der Waals surface area (Å²) in [5, 5.41) is 26.6. The van der Waals surface area contributed by atoms with Crippen LogP contribution in [-0.2, 0) is 9.59 Å². The third-order valence-electron chi connectivity index (χ3n) is 3.81. The quantitative estimate of drug-likeness (QED) is 0.286. The predicted octanol–water partition coefficient (Wildman–Crippen LogP) is 4.84. The molecule has 9 nitrogen and oxygen atoms in total. The van der Waals surface area contributed by atoms with Crippen molar-refractivity contribution in [3.8, 4) is 23.0 Å². The summed E-state index contributed by atoms with van der Waals surface area (Å²) >= 11 is 10.1. The monoisotopic (exact) mass is 540 g/mol. The van der Waals surface area contributed by atoms with Crippen molar-refractivity contribution >= 4 is 57.3 Å². The highest BCUT2D eigenvalue weighted by Gasteiger charge is 2.18. The molecule has 0 saturated heterocycles. The molecule has 0 amide bonds. The molecule has 3 aromatic rings. The summed E-state index contributed by atoms with van der Waals surface area (Å²) in [7, 11) is 1.49. The maximum absolute atomic E-state index is 11.7. The van der Waals surface area contributed by atoms with E-state index >= 15 is 0 Å². The van der Waals surface area contributed by atoms with Crippen LogP contribution in [0.1, 0.15) is 5.56 Å². The molecule has 0 aliphatic heterocycles. The van der Waals surface area contributed by atoms with Gasteiger partial charge in [-0.15, -0.1) is 10.2 Å². The van der Waals surface area contributed by atoms with Crippen LogP contribution < -0.4 is 9.47 Å². The normalized spacial score (nSPS) is 11.3. The van der Waals surface area contributed by atoms with Crippen molar-refractivity contribution in [3.05, 3.63) is 56.4 Å². The zero-order valence-electron chi connectivity index (χ0n) is 16.2. The molecule has 3 rings (SSSR count). The van der Waals surface area contributed by atoms with E-state index in [0.29, 0.717) is 32.1 Å². The Morgan fingerprint density at radius 2 is 1.94 bits per heavy atom. The third-order valence-corrected chi connectivity index (χ3v) is 5.52. The summed E-state index contributed by atoms with van der Waals surface area (Å²) in [6, 6.07) is 9.61. The lowest BCUT2D eigenvalue weighted by Gasteiger charge is -2.07. The highest BCUT2D eigenvalue weighted by atomic mass is 79.9. The first-order chi connectivity index (χ1) is 15.3. The lowest BCUT2D eigenvalue weighted by Crippen LogP contribution is -2.09. The molecule has 0 aliphatic carbocycles. The Labute approximate surface area is 199 Å². The number of thioether (sulfide) groups is 1. The molecular formula is C20H14BrClN2O7S. The Kier molecular flexibility index (Phi) is 7.78. The molecule has 166 valence electrons. The van der Waals surface area contributed by atoms with Gasteiger partial charge in [0.25, 0.3) is 11.1 Å². The van der Waals surface area contributed by atoms with Gasteiger partial charge in [-0.05, 0) is 69.7 Å². The lowest BCUT2D eigenvalue weighted by atomic mass is 10.2. The minimum absolute atomic E-state index is 0.0103. The Balaban J connectivity index is 1.83. The van der Waals surface area contributed by atoms with Crippen molar-refractivity contribution in [3.63, 3.8) is 0 Å². The number of rotatable bonds is 9. The Morgan fingerprint density at radius 3 is 2.59 bits per heavy atom. The van der Waals surface area contributed by atoms with Crippen LogP contribution >= 0.6 is 39.3 Å². The molecule has 0 radical (unpaired) electrons. The predicted molar refractivity (Wildman–Crippen MR) is 120 cm³/mol. The average molecular weight is 542 g/mol. The van der Waals surface area contributed by atoms with Crippen molar-refractivity contribution in [2.24, 2.45) is 0 Å². The zero-order chi connectivity index (χ0) is 23.3. The molecule has 0 unspecified atom stereocenters. The van der Waals surface area contributed by atoms with Crippen molar-refractivity contribution in [1.29, 1.82) is 0 Å². The van der Waals surface area contributed by atoms with E-state index in [4.69, 9.17) is 30.6 Å². The maximum Gasteiger partial charge on any atom is 0.342 e. The van der Waals surface area contributed by atoms with Gasteiger partial charge < -0.3 is 24.1 Å². The van der Waals surface area contributed by atoms with Gasteiger partial charge >= 0.3 is 11.9 Å². The number of carboxylic acids is 2. The van der Waals surface area contributed by atoms with E-state index in [1.165, 1.54) is 19.3 Å². The number of halogens is 2. The first-order valence-corrected chi connectivity index (χ1v) is 10.7. The van der Waals surface area contributed by atoms with Crippen molar-refractivity contribution in [2.45, 2.75) is 5.22 Å². The van der Waals surface area contributed by atoms with Crippen LogP contribution in [0, 0.1) is 0 Å². The molecule has 0 saturated carbocycles. The van der Waals surface area contributed by atoms with Gasteiger partial charge in [-0.3, -0.25) is 0 Å². The number of aliphatic carboxylic acids is 2. The lowest BCUT2D eigenvalue weighted by molar-refractivity contribution is -0.139. The van der Waals surface area contributed by atoms with Gasteiger partial charge in [-0.25, -0.2) is 9.59 Å². The van der Waals surface area contributed by atoms with Crippen LogP contribution in [0.2, 0.25) is 5.02 Å². The standard InChI is InChI=1S/C20H14BrClN2O7S/c1-29-14-5-3-11(22)8-12(14)18-23-24-20(31-18)32-16(19(27)28)7-10-2-4-15(13(21)6-10)30-9-17(25)26/h2-8H,9H2,1H3,(H,25,26)(H,27,28)/b16-7+. The van der Waals surface area contributed by atoms with Crippen LogP contribution in [0.3, 0.4) is 0 Å². The molecule has 0 spiro atoms. The minimum atomic E-state index is -1.20. The Hall–Kier alpha value is -3.02. The highest BCUT2D eigenvalue weighted by Crippen LogP contribution is 2.35. The largest absolute Gasteiger partial charge is 0.496 e. The highest BCUT2D eigenvalue weighted by molar-refractivity contribution is 9.10. The number of carboxylic acid groups (broad SMARTS) is 2. The fraction of sp³-hybridized carbons (Fsp3) is 0.100. The second-order valence-corrected chi connectivity index (χ2v) is 8.29. The van der Waals surface area contributed by atoms with E-state index < -0.39 is 18.5 Å². The number of hydrogen-bond acceptors (Lipinski definition) is 8. The van der Waals surface area contributed by atoms with Crippen LogP contribution in [0.25, 0.3) is 17.5 Å². The Morgan fingerprint density at radius 1 is 1.19 bits per heavy atom. The second-order valence-electron chi connectivity index (χ2n) is 6.01. The fourth-order valence-corrected chi connectivity index (χ4v) is 3.81. The molecular weight excluding hydrogens is 528 g/mol. The van der Waals surface area contributed by atoms with Crippen molar-refractivity contribution in [2.75, 3.05) is 13.7 Å². The molecule has 2 aromatic carbocycles. The van der Waals surface area contributed by atoms with Crippen molar-refractivity contribution in [1.82, 2.24) is 10.2 Å². The Bertz CT molecular complexity index is 1200. The number of benzene rings is 2. The SMILES string of the molecule is COc1ccc(Cl)cc1-c1nnc(S/C(=C/c2ccc(OCC(=O)O)c(Br)c2)C(=O)O)o1. The average Bonchev–Trinajstić information content (AvgIpc) is 3.21. The fourth-order valence-electron chi connectivity index (χ4n) is 2.45. The van der Waals surface area contributed by atoms with Gasteiger partial charge in [0.15, 0.2) is 6.61 Å². The number of ether oxygens (including phenoxy) is 2. The van der Waals surface area contributed by atoms with E-state index in [1.54, 1.807) is 30.3 Å². The van der Waals surface area contributed by atoms with Crippen LogP contribution in [0.5, 0.6) is 11.5 Å². The molecule has 0 bridgehead atoms. The van der Waals surface area contributed by atoms with E-state index in [9.17, 15) is 14.7 Å². The molecule has 2 N–H and O–H groups in total. The van der Waals surface area contributed by atoms with Gasteiger partial charge in [0.2, 0.25) is 0 Å². The van der Waals surface area contributed by atoms with Gasteiger partial charge in [-0.2, -0.15) is 0 Å². The van der Waals surface area contributed by atoms with Gasteiger partial charge in [0.05, 0.1) is 17.1 Å². The van der Waals surface area contributed by atoms with Crippen molar-refractivity contribution < 1.29 is 33.7 Å². The number of nitrogens with zero attached hydrogens (tertiary/aromatic N) is 2. The molecule has 32 heavy (non-hydrogen) atoms. The van der Waals surface area contributed by atoms with Gasteiger partial charge in [0, 0.05) is 5.02 Å². The molecule has 1 aromatic heterocycles. The number of aromatic nitrogens is 2. The smallest absolute Gasteiger partial charge is 0.342 e. The summed E-state index contributed by atoms with van der Waals surface area (Å²) in [5.41, 5.74) is 1.00. The van der Waals surface area contributed by atoms with Gasteiger partial charge in [0.1, 0.15) is 16.4 Å². The van der Waals surface area contributed by atoms with E-state index in [-0.39, 0.29) is 16.0 Å². The first kappa shape index (κ1) is 23.6. The molecule has 0 fully saturated rings. The summed E-state index contributed by atoms with van der Waals surface area (Å²) in [4.78, 5) is 22.3. The molecule has 0 atom stereocenters. The summed E-state index contributed by atoms with van der Waals surface area (Å²) in [6.07, 6.45) is 1.41. The molecule has 1 heterocycles. The van der Waals surface area contributed by atoms with Crippen LogP contribution in [0.4, 0.5) is 0 Å². The first-order valence-electron chi connectivity index (χ1n) is 8.71. The number of hydrogen-bond donors (Lipinski definition) is 2. The van der Waals surface area contributed by atoms with E-state index in [1.807, 2.05) is 0 Å².